The fourth-order valence-corrected chi connectivity index (χ4v) is 1.93. The summed E-state index contributed by atoms with van der Waals surface area (Å²) in [6.45, 7) is 1.00. The molecule has 19 heavy (non-hydrogen) atoms. The highest BCUT2D eigenvalue weighted by Crippen LogP contribution is 2.33. The first-order valence-electron chi connectivity index (χ1n) is 5.70. The molecule has 6 nitrogen and oxygen atoms in total. The smallest absolute Gasteiger partial charge is 0.162 e. The maximum Gasteiger partial charge on any atom is 0.162 e. The second-order valence-electron chi connectivity index (χ2n) is 4.08. The van der Waals surface area contributed by atoms with Crippen molar-refractivity contribution in [2.75, 3.05) is 7.11 Å². The van der Waals surface area contributed by atoms with E-state index in [1.807, 2.05) is 11.6 Å². The largest absolute Gasteiger partial charge is 0.504 e. The van der Waals surface area contributed by atoms with Crippen LogP contribution in [0.4, 0.5) is 0 Å². The molecule has 0 spiro atoms. The molecule has 1 aromatic carbocycles. The molecule has 0 radical (unpaired) electrons. The predicted octanol–water partition coefficient (Wildman–Crippen LogP) is 1.47. The lowest BCUT2D eigenvalue weighted by Crippen LogP contribution is -2.16. The third-order valence-electron chi connectivity index (χ3n) is 2.74. The molecule has 1 heterocycles. The maximum absolute atomic E-state index is 9.97. The van der Waals surface area contributed by atoms with Crippen LogP contribution in [0.5, 0.6) is 11.5 Å². The van der Waals surface area contributed by atoms with Gasteiger partial charge in [0.15, 0.2) is 11.5 Å². The number of aromatic nitrogens is 3. The Bertz CT molecular complexity index is 571. The van der Waals surface area contributed by atoms with Crippen LogP contribution >= 0.6 is 11.6 Å². The van der Waals surface area contributed by atoms with Gasteiger partial charge in [-0.25, -0.2) is 0 Å². The van der Waals surface area contributed by atoms with Crippen molar-refractivity contribution < 1.29 is 9.84 Å². The van der Waals surface area contributed by atoms with Crippen molar-refractivity contribution in [1.82, 2.24) is 20.1 Å². The highest BCUT2D eigenvalue weighted by atomic mass is 35.5. The number of hydrogen-bond donors (Lipinski definition) is 2. The minimum atomic E-state index is 0.0948. The van der Waals surface area contributed by atoms with Gasteiger partial charge in [0, 0.05) is 30.2 Å². The summed E-state index contributed by atoms with van der Waals surface area (Å²) in [6, 6.07) is 3.27. The summed E-state index contributed by atoms with van der Waals surface area (Å²) in [5.41, 5.74) is 0.673. The predicted molar refractivity (Wildman–Crippen MR) is 71.2 cm³/mol. The van der Waals surface area contributed by atoms with Crippen molar-refractivity contribution in [2.24, 2.45) is 7.05 Å². The summed E-state index contributed by atoms with van der Waals surface area (Å²) in [7, 11) is 3.36. The van der Waals surface area contributed by atoms with Crippen LogP contribution in [-0.2, 0) is 20.1 Å². The Balaban J connectivity index is 2.03. The number of ether oxygens (including phenoxy) is 1. The third-order valence-corrected chi connectivity index (χ3v) is 2.96. The molecule has 0 aliphatic heterocycles. The fraction of sp³-hybridized carbons (Fsp3) is 0.333. The van der Waals surface area contributed by atoms with Crippen molar-refractivity contribution in [3.8, 4) is 11.5 Å². The zero-order valence-electron chi connectivity index (χ0n) is 10.7. The highest BCUT2D eigenvalue weighted by molar-refractivity contribution is 6.30. The number of halogens is 1. The van der Waals surface area contributed by atoms with Crippen LogP contribution < -0.4 is 10.1 Å². The molecule has 102 valence electrons. The minimum Gasteiger partial charge on any atom is -0.504 e. The molecule has 0 fully saturated rings. The van der Waals surface area contributed by atoms with Gasteiger partial charge in [-0.15, -0.1) is 10.2 Å². The molecule has 0 bridgehead atoms. The van der Waals surface area contributed by atoms with Crippen LogP contribution in [-0.4, -0.2) is 27.0 Å². The number of aromatic hydroxyl groups is 1. The summed E-state index contributed by atoms with van der Waals surface area (Å²) in [5.74, 6) is 1.27. The lowest BCUT2D eigenvalue weighted by atomic mass is 10.2. The Kier molecular flexibility index (Phi) is 4.24. The van der Waals surface area contributed by atoms with Crippen LogP contribution in [0.3, 0.4) is 0 Å². The average Bonchev–Trinajstić information content (AvgIpc) is 2.79. The van der Waals surface area contributed by atoms with Crippen LogP contribution in [0, 0.1) is 0 Å². The molecule has 2 aromatic rings. The molecule has 7 heteroatoms. The monoisotopic (exact) mass is 282 g/mol. The summed E-state index contributed by atoms with van der Waals surface area (Å²) in [5, 5.41) is 21.4. The van der Waals surface area contributed by atoms with E-state index in [1.54, 1.807) is 18.5 Å². The van der Waals surface area contributed by atoms with E-state index < -0.39 is 0 Å². The fourth-order valence-electron chi connectivity index (χ4n) is 1.69. The van der Waals surface area contributed by atoms with Crippen molar-refractivity contribution >= 4 is 11.6 Å². The SMILES string of the molecule is COc1cc(Cl)cc(CNCc2nncn2C)c1O. The average molecular weight is 283 g/mol. The Morgan fingerprint density at radius 1 is 1.42 bits per heavy atom. The lowest BCUT2D eigenvalue weighted by Gasteiger charge is -2.10. The maximum atomic E-state index is 9.97. The van der Waals surface area contributed by atoms with Crippen molar-refractivity contribution in [1.29, 1.82) is 0 Å². The third kappa shape index (κ3) is 3.15. The topological polar surface area (TPSA) is 72.2 Å². The zero-order chi connectivity index (χ0) is 13.8. The standard InChI is InChI=1S/C12H15ClN4O2/c1-17-7-15-16-11(17)6-14-5-8-3-9(13)4-10(19-2)12(8)18/h3-4,7,14,18H,5-6H2,1-2H3. The van der Waals surface area contributed by atoms with Gasteiger partial charge in [-0.1, -0.05) is 11.6 Å². The van der Waals surface area contributed by atoms with E-state index in [4.69, 9.17) is 16.3 Å². The summed E-state index contributed by atoms with van der Waals surface area (Å²) >= 11 is 5.96. The van der Waals surface area contributed by atoms with Gasteiger partial charge in [0.05, 0.1) is 13.7 Å². The quantitative estimate of drug-likeness (QED) is 0.869. The van der Waals surface area contributed by atoms with Gasteiger partial charge < -0.3 is 19.7 Å². The van der Waals surface area contributed by atoms with Gasteiger partial charge in [0.2, 0.25) is 0 Å². The molecule has 1 aromatic heterocycles. The first-order chi connectivity index (χ1) is 9.11. The Hall–Kier alpha value is -1.79. The second-order valence-corrected chi connectivity index (χ2v) is 4.51. The number of rotatable bonds is 5. The molecule has 2 rings (SSSR count). The zero-order valence-corrected chi connectivity index (χ0v) is 11.5. The number of aryl methyl sites for hydroxylation is 1. The van der Waals surface area contributed by atoms with Crippen molar-refractivity contribution in [3.05, 3.63) is 34.9 Å². The van der Waals surface area contributed by atoms with E-state index in [9.17, 15) is 5.11 Å². The summed E-state index contributed by atoms with van der Waals surface area (Å²) < 4.78 is 6.87. The van der Waals surface area contributed by atoms with E-state index in [2.05, 4.69) is 15.5 Å². The van der Waals surface area contributed by atoms with Gasteiger partial charge in [-0.2, -0.15) is 0 Å². The first kappa shape index (κ1) is 13.6. The number of nitrogens with zero attached hydrogens (tertiary/aromatic N) is 3. The number of hydrogen-bond acceptors (Lipinski definition) is 5. The van der Waals surface area contributed by atoms with E-state index in [0.717, 1.165) is 5.82 Å². The van der Waals surface area contributed by atoms with Crippen molar-refractivity contribution in [2.45, 2.75) is 13.1 Å². The highest BCUT2D eigenvalue weighted by Gasteiger charge is 2.10. The molecule has 0 saturated heterocycles. The number of methoxy groups -OCH3 is 1. The number of benzene rings is 1. The van der Waals surface area contributed by atoms with Gasteiger partial charge in [-0.3, -0.25) is 0 Å². The molecule has 0 amide bonds. The van der Waals surface area contributed by atoms with E-state index in [0.29, 0.717) is 29.4 Å². The Morgan fingerprint density at radius 3 is 2.84 bits per heavy atom. The molecule has 2 N–H and O–H groups in total. The number of nitrogens with one attached hydrogen (secondary N) is 1. The van der Waals surface area contributed by atoms with E-state index >= 15 is 0 Å². The molecule has 0 aliphatic carbocycles. The normalized spacial score (nSPS) is 10.7. The summed E-state index contributed by atoms with van der Waals surface area (Å²) in [4.78, 5) is 0. The molecule has 0 aliphatic rings. The van der Waals surface area contributed by atoms with Gasteiger partial charge in [-0.05, 0) is 6.07 Å². The number of phenolic OH excluding ortho intramolecular Hbond substituents is 1. The van der Waals surface area contributed by atoms with E-state index in [-0.39, 0.29) is 5.75 Å². The van der Waals surface area contributed by atoms with Gasteiger partial charge in [0.25, 0.3) is 0 Å². The Morgan fingerprint density at radius 2 is 2.21 bits per heavy atom. The van der Waals surface area contributed by atoms with Crippen LogP contribution in [0.25, 0.3) is 0 Å². The van der Waals surface area contributed by atoms with Gasteiger partial charge >= 0.3 is 0 Å². The van der Waals surface area contributed by atoms with Crippen LogP contribution in [0.15, 0.2) is 18.5 Å². The second kappa shape index (κ2) is 5.90. The van der Waals surface area contributed by atoms with Gasteiger partial charge in [0.1, 0.15) is 12.2 Å². The van der Waals surface area contributed by atoms with E-state index in [1.165, 1.54) is 7.11 Å². The van der Waals surface area contributed by atoms with Crippen molar-refractivity contribution in [3.63, 3.8) is 0 Å². The molecule has 0 unspecified atom stereocenters. The van der Waals surface area contributed by atoms with Crippen LogP contribution in [0.2, 0.25) is 5.02 Å². The number of phenols is 1. The molecular formula is C12H15ClN4O2. The van der Waals surface area contributed by atoms with Crippen LogP contribution in [0.1, 0.15) is 11.4 Å². The summed E-state index contributed by atoms with van der Waals surface area (Å²) in [6.07, 6.45) is 1.64. The lowest BCUT2D eigenvalue weighted by molar-refractivity contribution is 0.369. The molecular weight excluding hydrogens is 268 g/mol. The first-order valence-corrected chi connectivity index (χ1v) is 6.08. The molecule has 0 saturated carbocycles. The Labute approximate surface area is 116 Å². The molecule has 0 atom stereocenters. The minimum absolute atomic E-state index is 0.0948.